The van der Waals surface area contributed by atoms with Crippen LogP contribution in [-0.4, -0.2) is 23.4 Å². The van der Waals surface area contributed by atoms with Gasteiger partial charge in [0.05, 0.1) is 6.04 Å². The molecule has 1 amide bonds. The van der Waals surface area contributed by atoms with Crippen molar-refractivity contribution in [2.45, 2.75) is 25.4 Å². The zero-order valence-electron chi connectivity index (χ0n) is 9.33. The highest BCUT2D eigenvalue weighted by Gasteiger charge is 2.25. The summed E-state index contributed by atoms with van der Waals surface area (Å²) in [5.41, 5.74) is 6.23. The number of carbonyl (C=O) groups is 1. The molecule has 17 heavy (non-hydrogen) atoms. The van der Waals surface area contributed by atoms with Gasteiger partial charge in [0.15, 0.2) is 11.6 Å². The Morgan fingerprint density at radius 1 is 1.35 bits per heavy atom. The molecule has 0 aliphatic carbocycles. The van der Waals surface area contributed by atoms with E-state index in [0.29, 0.717) is 18.5 Å². The SMILES string of the molecule is NC1CCCN(Cc2ccc(F)c(F)c2)C1=O. The van der Waals surface area contributed by atoms with Crippen molar-refractivity contribution < 1.29 is 13.6 Å². The van der Waals surface area contributed by atoms with Crippen LogP contribution in [0.25, 0.3) is 0 Å². The molecule has 92 valence electrons. The lowest BCUT2D eigenvalue weighted by Gasteiger charge is -2.30. The fourth-order valence-corrected chi connectivity index (χ4v) is 1.99. The molecule has 0 spiro atoms. The third-order valence-electron chi connectivity index (χ3n) is 2.93. The predicted octanol–water partition coefficient (Wildman–Crippen LogP) is 1.41. The highest BCUT2D eigenvalue weighted by molar-refractivity contribution is 5.82. The number of rotatable bonds is 2. The third-order valence-corrected chi connectivity index (χ3v) is 2.93. The van der Waals surface area contributed by atoms with Gasteiger partial charge < -0.3 is 10.6 Å². The van der Waals surface area contributed by atoms with E-state index in [1.807, 2.05) is 0 Å². The van der Waals surface area contributed by atoms with E-state index in [0.717, 1.165) is 18.6 Å². The normalized spacial score (nSPS) is 20.8. The van der Waals surface area contributed by atoms with Crippen LogP contribution in [0.5, 0.6) is 0 Å². The zero-order chi connectivity index (χ0) is 12.4. The van der Waals surface area contributed by atoms with Gasteiger partial charge in [-0.25, -0.2) is 8.78 Å². The molecular weight excluding hydrogens is 226 g/mol. The second kappa shape index (κ2) is 4.79. The largest absolute Gasteiger partial charge is 0.337 e. The highest BCUT2D eigenvalue weighted by Crippen LogP contribution is 2.15. The number of halogens is 2. The van der Waals surface area contributed by atoms with Crippen LogP contribution in [-0.2, 0) is 11.3 Å². The minimum atomic E-state index is -0.892. The average Bonchev–Trinajstić information content (AvgIpc) is 2.30. The van der Waals surface area contributed by atoms with E-state index in [2.05, 4.69) is 0 Å². The van der Waals surface area contributed by atoms with Crippen molar-refractivity contribution in [2.75, 3.05) is 6.54 Å². The molecule has 2 N–H and O–H groups in total. The van der Waals surface area contributed by atoms with Gasteiger partial charge in [-0.05, 0) is 30.5 Å². The lowest BCUT2D eigenvalue weighted by Crippen LogP contribution is -2.47. The van der Waals surface area contributed by atoms with E-state index >= 15 is 0 Å². The molecule has 0 bridgehead atoms. The van der Waals surface area contributed by atoms with Crippen LogP contribution >= 0.6 is 0 Å². The van der Waals surface area contributed by atoms with Crippen molar-refractivity contribution in [2.24, 2.45) is 5.73 Å². The van der Waals surface area contributed by atoms with E-state index in [-0.39, 0.29) is 12.5 Å². The Bertz CT molecular complexity index is 437. The van der Waals surface area contributed by atoms with Crippen LogP contribution in [0.3, 0.4) is 0 Å². The molecule has 1 aromatic rings. The molecule has 1 unspecified atom stereocenters. The van der Waals surface area contributed by atoms with Gasteiger partial charge in [0.2, 0.25) is 5.91 Å². The van der Waals surface area contributed by atoms with Gasteiger partial charge >= 0.3 is 0 Å². The van der Waals surface area contributed by atoms with Crippen LogP contribution in [0.1, 0.15) is 18.4 Å². The molecule has 1 aromatic carbocycles. The number of nitrogens with zero attached hydrogens (tertiary/aromatic N) is 1. The molecule has 0 radical (unpaired) electrons. The van der Waals surface area contributed by atoms with Gasteiger partial charge in [0, 0.05) is 13.1 Å². The maximum absolute atomic E-state index is 13.0. The minimum Gasteiger partial charge on any atom is -0.337 e. The Morgan fingerprint density at radius 3 is 2.82 bits per heavy atom. The van der Waals surface area contributed by atoms with Crippen molar-refractivity contribution in [1.29, 1.82) is 0 Å². The van der Waals surface area contributed by atoms with E-state index in [1.165, 1.54) is 6.07 Å². The Labute approximate surface area is 98.2 Å². The summed E-state index contributed by atoms with van der Waals surface area (Å²) in [4.78, 5) is 13.3. The molecule has 5 heteroatoms. The summed E-state index contributed by atoms with van der Waals surface area (Å²) in [6.45, 7) is 0.898. The molecule has 1 aliphatic heterocycles. The molecule has 1 heterocycles. The number of benzene rings is 1. The van der Waals surface area contributed by atoms with Crippen molar-refractivity contribution in [3.8, 4) is 0 Å². The highest BCUT2D eigenvalue weighted by atomic mass is 19.2. The summed E-state index contributed by atoms with van der Waals surface area (Å²) in [5.74, 6) is -1.90. The number of nitrogens with two attached hydrogens (primary N) is 1. The zero-order valence-corrected chi connectivity index (χ0v) is 9.33. The average molecular weight is 240 g/mol. The van der Waals surface area contributed by atoms with Gasteiger partial charge in [-0.2, -0.15) is 0 Å². The van der Waals surface area contributed by atoms with E-state index in [1.54, 1.807) is 4.90 Å². The summed E-state index contributed by atoms with van der Waals surface area (Å²) >= 11 is 0. The van der Waals surface area contributed by atoms with Crippen LogP contribution < -0.4 is 5.73 Å². The van der Waals surface area contributed by atoms with Crippen molar-refractivity contribution in [3.63, 3.8) is 0 Å². The number of amides is 1. The van der Waals surface area contributed by atoms with Crippen molar-refractivity contribution >= 4 is 5.91 Å². The summed E-state index contributed by atoms with van der Waals surface area (Å²) in [6.07, 6.45) is 1.53. The van der Waals surface area contributed by atoms with E-state index in [4.69, 9.17) is 5.73 Å². The molecule has 1 fully saturated rings. The number of piperidine rings is 1. The fraction of sp³-hybridized carbons (Fsp3) is 0.417. The fourth-order valence-electron chi connectivity index (χ4n) is 1.99. The van der Waals surface area contributed by atoms with Gasteiger partial charge in [0.1, 0.15) is 0 Å². The Hall–Kier alpha value is -1.49. The minimum absolute atomic E-state index is 0.124. The molecule has 0 aromatic heterocycles. The van der Waals surface area contributed by atoms with Gasteiger partial charge in [-0.15, -0.1) is 0 Å². The summed E-state index contributed by atoms with van der Waals surface area (Å²) in [6, 6.07) is 3.20. The first-order valence-electron chi connectivity index (χ1n) is 5.56. The number of carbonyl (C=O) groups excluding carboxylic acids is 1. The second-order valence-corrected chi connectivity index (χ2v) is 4.26. The topological polar surface area (TPSA) is 46.3 Å². The molecule has 0 saturated carbocycles. The lowest BCUT2D eigenvalue weighted by atomic mass is 10.0. The smallest absolute Gasteiger partial charge is 0.239 e. The number of hydrogen-bond acceptors (Lipinski definition) is 2. The van der Waals surface area contributed by atoms with Crippen LogP contribution in [0.15, 0.2) is 18.2 Å². The second-order valence-electron chi connectivity index (χ2n) is 4.26. The first-order valence-corrected chi connectivity index (χ1v) is 5.56. The Morgan fingerprint density at radius 2 is 2.12 bits per heavy atom. The predicted molar refractivity (Wildman–Crippen MR) is 59.0 cm³/mol. The van der Waals surface area contributed by atoms with E-state index < -0.39 is 17.7 Å². The molecule has 1 atom stereocenters. The molecule has 3 nitrogen and oxygen atoms in total. The molecular formula is C12H14F2N2O. The van der Waals surface area contributed by atoms with Crippen LogP contribution in [0, 0.1) is 11.6 Å². The third kappa shape index (κ3) is 2.61. The van der Waals surface area contributed by atoms with Gasteiger partial charge in [-0.3, -0.25) is 4.79 Å². The Kier molecular flexibility index (Phi) is 3.38. The number of hydrogen-bond donors (Lipinski definition) is 1. The first-order chi connectivity index (χ1) is 8.08. The maximum Gasteiger partial charge on any atom is 0.239 e. The van der Waals surface area contributed by atoms with Gasteiger partial charge in [0.25, 0.3) is 0 Å². The summed E-state index contributed by atoms with van der Waals surface area (Å²) in [7, 11) is 0. The van der Waals surface area contributed by atoms with Gasteiger partial charge in [-0.1, -0.05) is 6.07 Å². The lowest BCUT2D eigenvalue weighted by molar-refractivity contribution is -0.135. The number of likely N-dealkylation sites (tertiary alicyclic amines) is 1. The van der Waals surface area contributed by atoms with Crippen molar-refractivity contribution in [1.82, 2.24) is 4.90 Å². The standard InChI is InChI=1S/C12H14F2N2O/c13-9-4-3-8(6-10(9)14)7-16-5-1-2-11(15)12(16)17/h3-4,6,11H,1-2,5,7,15H2. The Balaban J connectivity index is 2.09. The van der Waals surface area contributed by atoms with Crippen LogP contribution in [0.4, 0.5) is 8.78 Å². The maximum atomic E-state index is 13.0. The monoisotopic (exact) mass is 240 g/mol. The quantitative estimate of drug-likeness (QED) is 0.849. The molecule has 1 aliphatic rings. The molecule has 2 rings (SSSR count). The first kappa shape index (κ1) is 12.0. The van der Waals surface area contributed by atoms with Crippen molar-refractivity contribution in [3.05, 3.63) is 35.4 Å². The van der Waals surface area contributed by atoms with Crippen LogP contribution in [0.2, 0.25) is 0 Å². The summed E-state index contributed by atoms with van der Waals surface area (Å²) in [5, 5.41) is 0. The summed E-state index contributed by atoms with van der Waals surface area (Å²) < 4.78 is 25.7. The van der Waals surface area contributed by atoms with E-state index in [9.17, 15) is 13.6 Å². The molecule has 1 saturated heterocycles.